The minimum absolute atomic E-state index is 0.0404. The zero-order valence-corrected chi connectivity index (χ0v) is 25.5. The summed E-state index contributed by atoms with van der Waals surface area (Å²) in [4.78, 5) is 48.4. The number of anilines is 1. The number of carbonyl (C=O) groups excluding carboxylic acids is 4. The Hall–Kier alpha value is -3.14. The van der Waals surface area contributed by atoms with Crippen LogP contribution in [0.25, 0.3) is 0 Å². The maximum Gasteiger partial charge on any atom is 0.336 e. The molecule has 222 valence electrons. The molecule has 10 heteroatoms. The number of rotatable bonds is 10. The summed E-state index contributed by atoms with van der Waals surface area (Å²) in [5.74, 6) is -1.59. The summed E-state index contributed by atoms with van der Waals surface area (Å²) in [5, 5.41) is 3.53. The molecule has 0 bridgehead atoms. The molecule has 0 saturated heterocycles. The Labute approximate surface area is 249 Å². The van der Waals surface area contributed by atoms with E-state index in [-0.39, 0.29) is 31.0 Å². The van der Waals surface area contributed by atoms with Crippen molar-refractivity contribution in [3.8, 4) is 0 Å². The van der Waals surface area contributed by atoms with Crippen molar-refractivity contribution in [2.24, 2.45) is 22.7 Å². The highest BCUT2D eigenvalue weighted by molar-refractivity contribution is 9.10. The summed E-state index contributed by atoms with van der Waals surface area (Å²) in [6, 6.07) is 7.28. The number of nitrogens with one attached hydrogen (secondary N) is 1. The predicted octanol–water partition coefficient (Wildman–Crippen LogP) is 5.14. The topological polar surface area (TPSA) is 117 Å². The van der Waals surface area contributed by atoms with Gasteiger partial charge in [0.05, 0.1) is 11.6 Å². The van der Waals surface area contributed by atoms with Crippen molar-refractivity contribution in [3.63, 3.8) is 0 Å². The zero-order valence-electron chi connectivity index (χ0n) is 23.9. The molecule has 0 spiro atoms. The van der Waals surface area contributed by atoms with E-state index in [0.717, 1.165) is 15.7 Å². The van der Waals surface area contributed by atoms with Gasteiger partial charge in [0.2, 0.25) is 0 Å². The van der Waals surface area contributed by atoms with Crippen molar-refractivity contribution in [1.29, 1.82) is 0 Å². The van der Waals surface area contributed by atoms with E-state index in [1.54, 1.807) is 6.08 Å². The first-order valence-corrected chi connectivity index (χ1v) is 14.7. The Morgan fingerprint density at radius 2 is 1.88 bits per heavy atom. The third-order valence-electron chi connectivity index (χ3n) is 9.24. The number of ether oxygens (including phenoxy) is 4. The molecule has 1 N–H and O–H groups in total. The molecule has 0 unspecified atom stereocenters. The van der Waals surface area contributed by atoms with Crippen LogP contribution in [-0.4, -0.2) is 55.8 Å². The number of hydrogen-bond donors (Lipinski definition) is 1. The molecule has 7 atom stereocenters. The predicted molar refractivity (Wildman–Crippen MR) is 155 cm³/mol. The van der Waals surface area contributed by atoms with E-state index >= 15 is 0 Å². The van der Waals surface area contributed by atoms with E-state index in [9.17, 15) is 19.2 Å². The monoisotopic (exact) mass is 631 g/mol. The van der Waals surface area contributed by atoms with Gasteiger partial charge in [-0.15, -0.1) is 0 Å². The summed E-state index contributed by atoms with van der Waals surface area (Å²) in [6.07, 6.45) is 2.88. The molecule has 2 aliphatic carbocycles. The maximum atomic E-state index is 12.8. The van der Waals surface area contributed by atoms with Crippen molar-refractivity contribution in [3.05, 3.63) is 52.5 Å². The molecule has 41 heavy (non-hydrogen) atoms. The standard InChI is InChI=1S/C31H38BrNO8/c1-18-24(14-25(23-11-13-39-29(23)37)33-22-8-6-21(32)7-9-22)30(4)12-10-28(41-20(3)36)31(5,16-38-17-34)27(30)15-26(18)40-19(2)35/h6-9,11,17,24-28,33H,1,10,12-16H2,2-5H3/t24-,25-,26+,27+,28-,30+,31+/m1/s1. The number of esters is 3. The fraction of sp³-hybridized carbons (Fsp3) is 0.548. The van der Waals surface area contributed by atoms with Gasteiger partial charge in [-0.1, -0.05) is 36.4 Å². The average Bonchev–Trinajstić information content (AvgIpc) is 3.34. The van der Waals surface area contributed by atoms with E-state index in [1.165, 1.54) is 13.8 Å². The number of cyclic esters (lactones) is 1. The van der Waals surface area contributed by atoms with Gasteiger partial charge in [-0.25, -0.2) is 4.79 Å². The Morgan fingerprint density at radius 1 is 1.20 bits per heavy atom. The molecule has 9 nitrogen and oxygen atoms in total. The second-order valence-electron chi connectivity index (χ2n) is 11.8. The van der Waals surface area contributed by atoms with Gasteiger partial charge in [-0.05, 0) is 78.8 Å². The van der Waals surface area contributed by atoms with Crippen molar-refractivity contribution < 1.29 is 38.1 Å². The molecule has 0 amide bonds. The first kappa shape index (κ1) is 30.8. The minimum Gasteiger partial charge on any atom is -0.467 e. The Kier molecular flexibility index (Phi) is 9.31. The lowest BCUT2D eigenvalue weighted by Crippen LogP contribution is -2.61. The zero-order chi connectivity index (χ0) is 29.9. The Morgan fingerprint density at radius 3 is 2.46 bits per heavy atom. The molecule has 0 aromatic heterocycles. The summed E-state index contributed by atoms with van der Waals surface area (Å²) in [7, 11) is 0. The fourth-order valence-electron chi connectivity index (χ4n) is 7.34. The molecule has 3 aliphatic rings. The van der Waals surface area contributed by atoms with Crippen molar-refractivity contribution in [1.82, 2.24) is 0 Å². The number of carbonyl (C=O) groups is 4. The lowest BCUT2D eigenvalue weighted by Gasteiger charge is -2.61. The number of hydrogen-bond acceptors (Lipinski definition) is 9. The summed E-state index contributed by atoms with van der Waals surface area (Å²) >= 11 is 3.46. The third-order valence-corrected chi connectivity index (χ3v) is 9.77. The largest absolute Gasteiger partial charge is 0.467 e. The van der Waals surface area contributed by atoms with Gasteiger partial charge in [0.15, 0.2) is 0 Å². The summed E-state index contributed by atoms with van der Waals surface area (Å²) < 4.78 is 23.2. The summed E-state index contributed by atoms with van der Waals surface area (Å²) in [5.41, 5.74) is 0.987. The molecular formula is C31H38BrNO8. The molecule has 1 aliphatic heterocycles. The lowest BCUT2D eigenvalue weighted by atomic mass is 9.45. The van der Waals surface area contributed by atoms with Crippen molar-refractivity contribution in [2.45, 2.75) is 71.6 Å². The van der Waals surface area contributed by atoms with Crippen molar-refractivity contribution >= 4 is 46.0 Å². The highest BCUT2D eigenvalue weighted by Crippen LogP contribution is 2.63. The minimum atomic E-state index is -0.753. The van der Waals surface area contributed by atoms with Gasteiger partial charge >= 0.3 is 17.9 Å². The smallest absolute Gasteiger partial charge is 0.336 e. The van der Waals surface area contributed by atoms with E-state index in [4.69, 9.17) is 18.9 Å². The van der Waals surface area contributed by atoms with E-state index in [0.29, 0.717) is 37.7 Å². The van der Waals surface area contributed by atoms with Crippen LogP contribution in [0.5, 0.6) is 0 Å². The van der Waals surface area contributed by atoms with Crippen LogP contribution >= 0.6 is 15.9 Å². The van der Waals surface area contributed by atoms with Gasteiger partial charge in [0, 0.05) is 29.4 Å². The highest BCUT2D eigenvalue weighted by atomic mass is 79.9. The average molecular weight is 633 g/mol. The van der Waals surface area contributed by atoms with Crippen LogP contribution in [0.4, 0.5) is 5.69 Å². The van der Waals surface area contributed by atoms with E-state index in [1.807, 2.05) is 31.2 Å². The van der Waals surface area contributed by atoms with Crippen LogP contribution in [0.3, 0.4) is 0 Å². The molecule has 1 aromatic carbocycles. The first-order valence-electron chi connectivity index (χ1n) is 13.9. The maximum absolute atomic E-state index is 12.8. The van der Waals surface area contributed by atoms with Crippen molar-refractivity contribution in [2.75, 3.05) is 18.5 Å². The van der Waals surface area contributed by atoms with Crippen LogP contribution in [0.1, 0.15) is 53.4 Å². The van der Waals surface area contributed by atoms with Crippen LogP contribution in [0, 0.1) is 22.7 Å². The molecule has 4 rings (SSSR count). The van der Waals surface area contributed by atoms with Crippen LogP contribution < -0.4 is 5.32 Å². The van der Waals surface area contributed by atoms with Crippen LogP contribution in [0.2, 0.25) is 0 Å². The molecular weight excluding hydrogens is 594 g/mol. The molecule has 2 fully saturated rings. The van der Waals surface area contributed by atoms with Gasteiger partial charge in [0.1, 0.15) is 25.4 Å². The molecule has 1 aromatic rings. The van der Waals surface area contributed by atoms with E-state index < -0.39 is 41.0 Å². The number of halogens is 1. The van der Waals surface area contributed by atoms with Gasteiger partial charge < -0.3 is 24.3 Å². The van der Waals surface area contributed by atoms with Gasteiger partial charge in [-0.2, -0.15) is 0 Å². The quantitative estimate of drug-likeness (QED) is 0.162. The molecule has 2 saturated carbocycles. The normalized spacial score (nSPS) is 31.7. The second-order valence-corrected chi connectivity index (χ2v) is 12.7. The third kappa shape index (κ3) is 6.37. The molecule has 1 heterocycles. The Bertz CT molecular complexity index is 1230. The van der Waals surface area contributed by atoms with Gasteiger partial charge in [0.25, 0.3) is 6.47 Å². The van der Waals surface area contributed by atoms with Crippen LogP contribution in [0.15, 0.2) is 52.5 Å². The fourth-order valence-corrected chi connectivity index (χ4v) is 7.61. The van der Waals surface area contributed by atoms with Crippen LogP contribution in [-0.2, 0) is 38.1 Å². The van der Waals surface area contributed by atoms with E-state index in [2.05, 4.69) is 34.7 Å². The number of fused-ring (bicyclic) bond motifs is 1. The highest BCUT2D eigenvalue weighted by Gasteiger charge is 2.62. The Balaban J connectivity index is 1.77. The SMILES string of the molecule is C=C1[C@@H](OC(C)=O)C[C@@H]2[C@](C)(COC=O)[C@H](OC(C)=O)CC[C@@]2(C)[C@@H]1C[C@@H](Nc1ccc(Br)cc1)C1=CCOC1=O. The summed E-state index contributed by atoms with van der Waals surface area (Å²) in [6.45, 7) is 12.0. The molecule has 0 radical (unpaired) electrons. The first-order chi connectivity index (χ1) is 19.4. The number of benzene rings is 1. The van der Waals surface area contributed by atoms with Gasteiger partial charge in [-0.3, -0.25) is 14.4 Å². The second kappa shape index (κ2) is 12.4. The lowest BCUT2D eigenvalue weighted by molar-refractivity contribution is -0.197.